The average Bonchev–Trinajstić information content (AvgIpc) is 2.77. The Morgan fingerprint density at radius 3 is 2.25 bits per heavy atom. The first kappa shape index (κ1) is 21.8. The third-order valence-corrected chi connectivity index (χ3v) is 5.40. The Morgan fingerprint density at radius 2 is 1.62 bits per heavy atom. The molecule has 164 valence electrons. The van der Waals surface area contributed by atoms with Crippen LogP contribution >= 0.6 is 11.6 Å². The second kappa shape index (κ2) is 8.24. The molecule has 0 aliphatic heterocycles. The molecule has 32 heavy (non-hydrogen) atoms. The lowest BCUT2D eigenvalue weighted by molar-refractivity contribution is -0.136. The molecule has 0 saturated carbocycles. The second-order valence-electron chi connectivity index (χ2n) is 7.00. The van der Waals surface area contributed by atoms with Crippen LogP contribution in [0.5, 0.6) is 11.5 Å². The van der Waals surface area contributed by atoms with E-state index in [0.29, 0.717) is 33.2 Å². The molecule has 0 aliphatic carbocycles. The summed E-state index contributed by atoms with van der Waals surface area (Å²) in [5.74, 6) is 0.945. The van der Waals surface area contributed by atoms with Crippen molar-refractivity contribution in [1.82, 2.24) is 4.98 Å². The highest BCUT2D eigenvalue weighted by Crippen LogP contribution is 2.43. The summed E-state index contributed by atoms with van der Waals surface area (Å²) in [7, 11) is 2.95. The summed E-state index contributed by atoms with van der Waals surface area (Å²) in [5.41, 5.74) is -0.518. The molecule has 0 unspecified atom stereocenters. The van der Waals surface area contributed by atoms with Crippen molar-refractivity contribution in [3.8, 4) is 33.8 Å². The van der Waals surface area contributed by atoms with Crippen molar-refractivity contribution in [1.29, 1.82) is 0 Å². The molecular formula is C24H17ClF3NO3. The van der Waals surface area contributed by atoms with E-state index in [1.165, 1.54) is 26.4 Å². The Labute approximate surface area is 186 Å². The van der Waals surface area contributed by atoms with E-state index in [2.05, 4.69) is 4.98 Å². The first-order valence-corrected chi connectivity index (χ1v) is 9.87. The lowest BCUT2D eigenvalue weighted by atomic mass is 9.90. The van der Waals surface area contributed by atoms with Crippen molar-refractivity contribution in [3.05, 3.63) is 81.6 Å². The van der Waals surface area contributed by atoms with Gasteiger partial charge < -0.3 is 14.5 Å². The summed E-state index contributed by atoms with van der Waals surface area (Å²) < 4.78 is 51.8. The molecule has 0 amide bonds. The molecule has 1 N–H and O–H groups in total. The number of fused-ring (bicyclic) bond motifs is 1. The second-order valence-corrected chi connectivity index (χ2v) is 7.44. The maximum Gasteiger partial charge on any atom is 0.418 e. The van der Waals surface area contributed by atoms with E-state index in [9.17, 15) is 18.0 Å². The van der Waals surface area contributed by atoms with Gasteiger partial charge >= 0.3 is 6.18 Å². The van der Waals surface area contributed by atoms with E-state index in [1.54, 1.807) is 42.5 Å². The van der Waals surface area contributed by atoms with Crippen LogP contribution in [-0.4, -0.2) is 19.2 Å². The molecule has 4 nitrogen and oxygen atoms in total. The van der Waals surface area contributed by atoms with Gasteiger partial charge in [-0.3, -0.25) is 4.79 Å². The molecule has 1 aromatic heterocycles. The van der Waals surface area contributed by atoms with Crippen molar-refractivity contribution in [3.63, 3.8) is 0 Å². The van der Waals surface area contributed by atoms with Gasteiger partial charge in [0, 0.05) is 21.5 Å². The molecular weight excluding hydrogens is 443 g/mol. The fourth-order valence-electron chi connectivity index (χ4n) is 3.74. The summed E-state index contributed by atoms with van der Waals surface area (Å²) >= 11 is 6.22. The highest BCUT2D eigenvalue weighted by atomic mass is 35.5. The fourth-order valence-corrected chi connectivity index (χ4v) is 3.92. The molecule has 0 atom stereocenters. The molecule has 4 aromatic rings. The summed E-state index contributed by atoms with van der Waals surface area (Å²) in [6, 6.07) is 15.2. The number of hydrogen-bond acceptors (Lipinski definition) is 3. The van der Waals surface area contributed by atoms with Crippen LogP contribution in [0.3, 0.4) is 0 Å². The fraction of sp³-hybridized carbons (Fsp3) is 0.125. The van der Waals surface area contributed by atoms with Crippen LogP contribution in [0.2, 0.25) is 5.02 Å². The van der Waals surface area contributed by atoms with Gasteiger partial charge in [0.1, 0.15) is 11.5 Å². The quantitative estimate of drug-likeness (QED) is 0.376. The lowest BCUT2D eigenvalue weighted by Crippen LogP contribution is -2.15. The Hall–Kier alpha value is -3.45. The van der Waals surface area contributed by atoms with Gasteiger partial charge in [-0.1, -0.05) is 35.9 Å². The third kappa shape index (κ3) is 3.80. The smallest absolute Gasteiger partial charge is 0.418 e. The van der Waals surface area contributed by atoms with E-state index in [-0.39, 0.29) is 16.5 Å². The normalized spacial score (nSPS) is 11.6. The number of para-hydroxylation sites is 1. The number of hydrogen-bond donors (Lipinski definition) is 1. The molecule has 4 rings (SSSR count). The number of pyridine rings is 1. The van der Waals surface area contributed by atoms with Gasteiger partial charge in [-0.2, -0.15) is 13.2 Å². The molecule has 0 saturated heterocycles. The first-order valence-electron chi connectivity index (χ1n) is 9.49. The van der Waals surface area contributed by atoms with Crippen LogP contribution in [0.25, 0.3) is 33.2 Å². The molecule has 0 fully saturated rings. The number of aromatic nitrogens is 1. The minimum atomic E-state index is -4.65. The predicted molar refractivity (Wildman–Crippen MR) is 119 cm³/mol. The summed E-state index contributed by atoms with van der Waals surface area (Å²) in [6.45, 7) is 0. The van der Waals surface area contributed by atoms with Crippen LogP contribution < -0.4 is 15.0 Å². The molecule has 0 bridgehead atoms. The van der Waals surface area contributed by atoms with E-state index < -0.39 is 17.3 Å². The zero-order valence-electron chi connectivity index (χ0n) is 17.0. The van der Waals surface area contributed by atoms with Gasteiger partial charge in [0.15, 0.2) is 0 Å². The number of methoxy groups -OCH3 is 2. The monoisotopic (exact) mass is 459 g/mol. The van der Waals surface area contributed by atoms with Crippen molar-refractivity contribution in [2.75, 3.05) is 14.2 Å². The lowest BCUT2D eigenvalue weighted by Gasteiger charge is -2.18. The van der Waals surface area contributed by atoms with Crippen LogP contribution in [0, 0.1) is 0 Å². The van der Waals surface area contributed by atoms with Crippen molar-refractivity contribution >= 4 is 22.5 Å². The average molecular weight is 460 g/mol. The number of nitrogens with one attached hydrogen (secondary N) is 1. The van der Waals surface area contributed by atoms with Gasteiger partial charge in [0.2, 0.25) is 0 Å². The Bertz CT molecular complexity index is 1360. The molecule has 8 heteroatoms. The molecule has 0 aliphatic rings. The summed E-state index contributed by atoms with van der Waals surface area (Å²) in [6.07, 6.45) is -4.65. The van der Waals surface area contributed by atoms with Crippen LogP contribution in [0.15, 0.2) is 65.5 Å². The maximum atomic E-state index is 13.7. The standard InChI is InChI=1S/C24H17ClF3NO3/c1-31-15-9-6-13(7-10-15)20-21(17-12-14(25)8-11-19(17)32-2)16-4-3-5-18(24(26,27)28)22(16)29-23(20)30/h3-12H,1-2H3,(H,29,30). The van der Waals surface area contributed by atoms with Crippen molar-refractivity contribution < 1.29 is 22.6 Å². The van der Waals surface area contributed by atoms with E-state index >= 15 is 0 Å². The number of rotatable bonds is 4. The number of benzene rings is 3. The van der Waals surface area contributed by atoms with Crippen LogP contribution in [0.4, 0.5) is 13.2 Å². The van der Waals surface area contributed by atoms with Gasteiger partial charge in [0.05, 0.1) is 30.9 Å². The Balaban J connectivity index is 2.19. The SMILES string of the molecule is COc1ccc(-c2c(-c3cc(Cl)ccc3OC)c3cccc(C(F)(F)F)c3[nH]c2=O)cc1. The number of ether oxygens (including phenoxy) is 2. The van der Waals surface area contributed by atoms with E-state index in [4.69, 9.17) is 21.1 Å². The maximum absolute atomic E-state index is 13.7. The number of H-pyrrole nitrogens is 1. The minimum Gasteiger partial charge on any atom is -0.497 e. The van der Waals surface area contributed by atoms with E-state index in [1.807, 2.05) is 0 Å². The van der Waals surface area contributed by atoms with Gasteiger partial charge in [-0.05, 0) is 42.0 Å². The van der Waals surface area contributed by atoms with Crippen LogP contribution in [0.1, 0.15) is 5.56 Å². The summed E-state index contributed by atoms with van der Waals surface area (Å²) in [5, 5.41) is 0.563. The van der Waals surface area contributed by atoms with Crippen LogP contribution in [-0.2, 0) is 6.18 Å². The van der Waals surface area contributed by atoms with Crippen molar-refractivity contribution in [2.24, 2.45) is 0 Å². The largest absolute Gasteiger partial charge is 0.497 e. The van der Waals surface area contributed by atoms with Gasteiger partial charge in [-0.25, -0.2) is 0 Å². The van der Waals surface area contributed by atoms with Crippen molar-refractivity contribution in [2.45, 2.75) is 6.18 Å². The highest BCUT2D eigenvalue weighted by Gasteiger charge is 2.34. The van der Waals surface area contributed by atoms with E-state index in [0.717, 1.165) is 6.07 Å². The first-order chi connectivity index (χ1) is 15.2. The Morgan fingerprint density at radius 1 is 0.906 bits per heavy atom. The molecule has 1 heterocycles. The Kier molecular flexibility index (Phi) is 5.60. The number of halogens is 4. The topological polar surface area (TPSA) is 51.3 Å². The molecule has 3 aromatic carbocycles. The third-order valence-electron chi connectivity index (χ3n) is 5.16. The predicted octanol–water partition coefficient (Wildman–Crippen LogP) is 6.55. The highest BCUT2D eigenvalue weighted by molar-refractivity contribution is 6.31. The zero-order chi connectivity index (χ0) is 23.0. The minimum absolute atomic E-state index is 0.194. The van der Waals surface area contributed by atoms with Gasteiger partial charge in [0.25, 0.3) is 5.56 Å². The molecule has 0 spiro atoms. The number of aromatic amines is 1. The number of alkyl halides is 3. The molecule has 0 radical (unpaired) electrons. The summed E-state index contributed by atoms with van der Waals surface area (Å²) in [4.78, 5) is 15.7. The zero-order valence-corrected chi connectivity index (χ0v) is 17.8. The van der Waals surface area contributed by atoms with Gasteiger partial charge in [-0.15, -0.1) is 0 Å².